The number of pyridine rings is 1. The molecule has 0 fully saturated rings. The summed E-state index contributed by atoms with van der Waals surface area (Å²) in [5.41, 5.74) is 5.94. The lowest BCUT2D eigenvalue weighted by atomic mass is 10.3. The summed E-state index contributed by atoms with van der Waals surface area (Å²) >= 11 is 3.40. The Bertz CT molecular complexity index is 382. The second kappa shape index (κ2) is 9.26. The number of amides is 1. The number of hydrogen-bond acceptors (Lipinski definition) is 4. The maximum absolute atomic E-state index is 11.3. The standard InChI is InChI=1S/C14H22N2OS2/c1-3-5-7-18-12-9-11(14(15)17)10-13(16-12)19-8-6-4-2/h9-10H,3-8H2,1-2H3,(H2,15,17). The van der Waals surface area contributed by atoms with Crippen LogP contribution in [0, 0.1) is 0 Å². The van der Waals surface area contributed by atoms with Gasteiger partial charge in [-0.05, 0) is 36.5 Å². The monoisotopic (exact) mass is 298 g/mol. The Morgan fingerprint density at radius 3 is 1.95 bits per heavy atom. The molecule has 1 amide bonds. The van der Waals surface area contributed by atoms with Crippen LogP contribution in [0.2, 0.25) is 0 Å². The Morgan fingerprint density at radius 1 is 1.11 bits per heavy atom. The predicted octanol–water partition coefficient (Wildman–Crippen LogP) is 3.96. The van der Waals surface area contributed by atoms with Gasteiger partial charge in [0.1, 0.15) is 0 Å². The zero-order chi connectivity index (χ0) is 14.1. The average molecular weight is 298 g/mol. The number of hydrogen-bond donors (Lipinski definition) is 1. The van der Waals surface area contributed by atoms with Gasteiger partial charge < -0.3 is 5.73 Å². The highest BCUT2D eigenvalue weighted by Crippen LogP contribution is 2.24. The summed E-state index contributed by atoms with van der Waals surface area (Å²) in [6, 6.07) is 3.60. The summed E-state index contributed by atoms with van der Waals surface area (Å²) in [7, 11) is 0. The quantitative estimate of drug-likeness (QED) is 0.553. The third kappa shape index (κ3) is 6.34. The van der Waals surface area contributed by atoms with E-state index in [1.165, 1.54) is 12.8 Å². The first-order chi connectivity index (χ1) is 9.17. The molecule has 0 bridgehead atoms. The van der Waals surface area contributed by atoms with E-state index >= 15 is 0 Å². The minimum atomic E-state index is -0.378. The van der Waals surface area contributed by atoms with Crippen LogP contribution in [0.4, 0.5) is 0 Å². The molecule has 2 N–H and O–H groups in total. The van der Waals surface area contributed by atoms with Crippen molar-refractivity contribution in [2.24, 2.45) is 5.73 Å². The molecule has 1 rings (SSSR count). The molecule has 106 valence electrons. The molecular formula is C14H22N2OS2. The molecule has 0 spiro atoms. The number of nitrogens with two attached hydrogens (primary N) is 1. The summed E-state index contributed by atoms with van der Waals surface area (Å²) in [6.45, 7) is 4.33. The third-order valence-corrected chi connectivity index (χ3v) is 4.55. The summed E-state index contributed by atoms with van der Waals surface area (Å²) in [6.07, 6.45) is 4.65. The lowest BCUT2D eigenvalue weighted by Gasteiger charge is -2.06. The van der Waals surface area contributed by atoms with Gasteiger partial charge in [0, 0.05) is 5.56 Å². The maximum Gasteiger partial charge on any atom is 0.248 e. The van der Waals surface area contributed by atoms with Crippen molar-refractivity contribution in [2.75, 3.05) is 11.5 Å². The van der Waals surface area contributed by atoms with Gasteiger partial charge >= 0.3 is 0 Å². The van der Waals surface area contributed by atoms with Gasteiger partial charge in [-0.3, -0.25) is 4.79 Å². The topological polar surface area (TPSA) is 56.0 Å². The molecule has 3 nitrogen and oxygen atoms in total. The fraction of sp³-hybridized carbons (Fsp3) is 0.571. The van der Waals surface area contributed by atoms with Crippen molar-refractivity contribution in [3.8, 4) is 0 Å². The van der Waals surface area contributed by atoms with Gasteiger partial charge in [0.2, 0.25) is 5.91 Å². The normalized spacial score (nSPS) is 10.6. The van der Waals surface area contributed by atoms with Crippen molar-refractivity contribution in [1.82, 2.24) is 4.98 Å². The zero-order valence-electron chi connectivity index (χ0n) is 11.6. The predicted molar refractivity (Wildman–Crippen MR) is 84.0 cm³/mol. The SMILES string of the molecule is CCCCSc1cc(C(N)=O)cc(SCCCC)n1. The zero-order valence-corrected chi connectivity index (χ0v) is 13.3. The van der Waals surface area contributed by atoms with Crippen molar-refractivity contribution < 1.29 is 4.79 Å². The van der Waals surface area contributed by atoms with Crippen molar-refractivity contribution >= 4 is 29.4 Å². The molecule has 0 aliphatic rings. The van der Waals surface area contributed by atoms with Crippen molar-refractivity contribution in [1.29, 1.82) is 0 Å². The average Bonchev–Trinajstić information content (AvgIpc) is 2.39. The van der Waals surface area contributed by atoms with Crippen molar-refractivity contribution in [3.05, 3.63) is 17.7 Å². The number of aromatic nitrogens is 1. The number of primary amides is 1. The highest BCUT2D eigenvalue weighted by atomic mass is 32.2. The van der Waals surface area contributed by atoms with Crippen LogP contribution in [0.5, 0.6) is 0 Å². The smallest absolute Gasteiger partial charge is 0.248 e. The minimum Gasteiger partial charge on any atom is -0.366 e. The van der Waals surface area contributed by atoms with Crippen LogP contribution in [0.1, 0.15) is 49.9 Å². The summed E-state index contributed by atoms with van der Waals surface area (Å²) in [4.78, 5) is 15.9. The number of rotatable bonds is 9. The van der Waals surface area contributed by atoms with Gasteiger partial charge in [-0.25, -0.2) is 4.98 Å². The van der Waals surface area contributed by atoms with E-state index in [0.29, 0.717) is 5.56 Å². The number of unbranched alkanes of at least 4 members (excludes halogenated alkanes) is 2. The van der Waals surface area contributed by atoms with Crippen molar-refractivity contribution in [3.63, 3.8) is 0 Å². The Morgan fingerprint density at radius 2 is 1.58 bits per heavy atom. The van der Waals surface area contributed by atoms with Gasteiger partial charge in [0.15, 0.2) is 0 Å². The molecule has 0 unspecified atom stereocenters. The first-order valence-electron chi connectivity index (χ1n) is 6.74. The van der Waals surface area contributed by atoms with Crippen LogP contribution in [0.15, 0.2) is 22.2 Å². The molecule has 1 heterocycles. The van der Waals surface area contributed by atoms with E-state index in [2.05, 4.69) is 18.8 Å². The second-order valence-electron chi connectivity index (χ2n) is 4.30. The van der Waals surface area contributed by atoms with Gasteiger partial charge in [0.25, 0.3) is 0 Å². The van der Waals surface area contributed by atoms with Crippen molar-refractivity contribution in [2.45, 2.75) is 49.6 Å². The number of carbonyl (C=O) groups excluding carboxylic acids is 1. The minimum absolute atomic E-state index is 0.378. The third-order valence-electron chi connectivity index (χ3n) is 2.56. The highest BCUT2D eigenvalue weighted by molar-refractivity contribution is 7.99. The lowest BCUT2D eigenvalue weighted by molar-refractivity contribution is 0.0999. The Labute approximate surface area is 124 Å². The largest absolute Gasteiger partial charge is 0.366 e. The van der Waals surface area contributed by atoms with Gasteiger partial charge in [-0.15, -0.1) is 23.5 Å². The fourth-order valence-electron chi connectivity index (χ4n) is 1.41. The molecule has 0 atom stereocenters. The van der Waals surface area contributed by atoms with Crippen LogP contribution in [-0.4, -0.2) is 22.4 Å². The molecule has 0 aromatic carbocycles. The van der Waals surface area contributed by atoms with E-state index in [4.69, 9.17) is 5.73 Å². The van der Waals surface area contributed by atoms with Crippen LogP contribution < -0.4 is 5.73 Å². The molecule has 5 heteroatoms. The number of nitrogens with zero attached hydrogens (tertiary/aromatic N) is 1. The fourth-order valence-corrected chi connectivity index (χ4v) is 3.50. The number of carbonyl (C=O) groups is 1. The van der Waals surface area contributed by atoms with E-state index in [9.17, 15) is 4.79 Å². The molecule has 0 radical (unpaired) electrons. The summed E-state index contributed by atoms with van der Waals surface area (Å²) in [5, 5.41) is 1.81. The van der Waals surface area contributed by atoms with Crippen LogP contribution in [0.3, 0.4) is 0 Å². The molecule has 1 aromatic rings. The second-order valence-corrected chi connectivity index (χ2v) is 6.53. The first-order valence-corrected chi connectivity index (χ1v) is 8.72. The van der Waals surface area contributed by atoms with E-state index in [0.717, 1.165) is 34.4 Å². The Balaban J connectivity index is 2.75. The molecular weight excluding hydrogens is 276 g/mol. The molecule has 19 heavy (non-hydrogen) atoms. The van der Waals surface area contributed by atoms with Crippen LogP contribution in [-0.2, 0) is 0 Å². The molecule has 0 aliphatic carbocycles. The van der Waals surface area contributed by atoms with E-state index in [-0.39, 0.29) is 5.91 Å². The van der Waals surface area contributed by atoms with Gasteiger partial charge in [0.05, 0.1) is 10.1 Å². The lowest BCUT2D eigenvalue weighted by Crippen LogP contribution is -2.11. The number of thioether (sulfide) groups is 2. The van der Waals surface area contributed by atoms with E-state index in [1.807, 2.05) is 0 Å². The molecule has 0 aliphatic heterocycles. The summed E-state index contributed by atoms with van der Waals surface area (Å²) < 4.78 is 0. The highest BCUT2D eigenvalue weighted by Gasteiger charge is 2.08. The first kappa shape index (κ1) is 16.4. The van der Waals surface area contributed by atoms with Crippen LogP contribution in [0.25, 0.3) is 0 Å². The van der Waals surface area contributed by atoms with Crippen LogP contribution >= 0.6 is 23.5 Å². The maximum atomic E-state index is 11.3. The molecule has 0 saturated heterocycles. The molecule has 1 aromatic heterocycles. The van der Waals surface area contributed by atoms with E-state index < -0.39 is 0 Å². The van der Waals surface area contributed by atoms with Gasteiger partial charge in [-0.1, -0.05) is 26.7 Å². The Hall–Kier alpha value is -0.680. The molecule has 0 saturated carbocycles. The van der Waals surface area contributed by atoms with E-state index in [1.54, 1.807) is 35.7 Å². The Kier molecular flexibility index (Phi) is 7.98. The van der Waals surface area contributed by atoms with Gasteiger partial charge in [-0.2, -0.15) is 0 Å². The summed E-state index contributed by atoms with van der Waals surface area (Å²) in [5.74, 6) is 1.69.